The zero-order valence-electron chi connectivity index (χ0n) is 10.4. The molecule has 0 aliphatic heterocycles. The summed E-state index contributed by atoms with van der Waals surface area (Å²) in [6, 6.07) is 6.55. The molecule has 1 aromatic carbocycles. The van der Waals surface area contributed by atoms with Gasteiger partial charge in [-0.1, -0.05) is 12.1 Å². The summed E-state index contributed by atoms with van der Waals surface area (Å²) in [5.41, 5.74) is 1.08. The van der Waals surface area contributed by atoms with E-state index in [0.29, 0.717) is 22.7 Å². The maximum atomic E-state index is 12.5. The van der Waals surface area contributed by atoms with Crippen molar-refractivity contribution >= 4 is 5.65 Å². The van der Waals surface area contributed by atoms with Crippen molar-refractivity contribution in [2.24, 2.45) is 0 Å². The SMILES string of the molecule is Cc1nc2cc(-c3ccc(C(F)(F)F)cc3)ncn2n1. The lowest BCUT2D eigenvalue weighted by molar-refractivity contribution is -0.137. The van der Waals surface area contributed by atoms with Gasteiger partial charge in [-0.25, -0.2) is 14.5 Å². The summed E-state index contributed by atoms with van der Waals surface area (Å²) < 4.78 is 39.0. The first-order chi connectivity index (χ1) is 9.43. The quantitative estimate of drug-likeness (QED) is 0.687. The number of fused-ring (bicyclic) bond motifs is 1. The average Bonchev–Trinajstić information content (AvgIpc) is 2.77. The van der Waals surface area contributed by atoms with Crippen molar-refractivity contribution in [1.29, 1.82) is 0 Å². The summed E-state index contributed by atoms with van der Waals surface area (Å²) in [5.74, 6) is 0.608. The van der Waals surface area contributed by atoms with Crippen LogP contribution in [0.15, 0.2) is 36.7 Å². The molecule has 102 valence electrons. The van der Waals surface area contributed by atoms with Crippen LogP contribution in [0, 0.1) is 6.92 Å². The van der Waals surface area contributed by atoms with Gasteiger partial charge in [0.15, 0.2) is 5.65 Å². The van der Waals surface area contributed by atoms with Crippen LogP contribution >= 0.6 is 0 Å². The number of hydrogen-bond donors (Lipinski definition) is 0. The topological polar surface area (TPSA) is 43.1 Å². The summed E-state index contributed by atoms with van der Waals surface area (Å²) in [6.45, 7) is 1.75. The number of nitrogens with zero attached hydrogens (tertiary/aromatic N) is 4. The Morgan fingerprint density at radius 1 is 1.10 bits per heavy atom. The highest BCUT2D eigenvalue weighted by Gasteiger charge is 2.30. The summed E-state index contributed by atoms with van der Waals surface area (Å²) in [4.78, 5) is 8.35. The van der Waals surface area contributed by atoms with E-state index in [4.69, 9.17) is 0 Å². The molecule has 0 amide bonds. The number of aryl methyl sites for hydroxylation is 1. The van der Waals surface area contributed by atoms with E-state index >= 15 is 0 Å². The van der Waals surface area contributed by atoms with Crippen LogP contribution in [0.2, 0.25) is 0 Å². The first-order valence-electron chi connectivity index (χ1n) is 5.80. The molecule has 0 N–H and O–H groups in total. The first kappa shape index (κ1) is 12.6. The molecule has 0 saturated carbocycles. The Hall–Kier alpha value is -2.44. The number of hydrogen-bond acceptors (Lipinski definition) is 3. The lowest BCUT2D eigenvalue weighted by atomic mass is 10.1. The van der Waals surface area contributed by atoms with E-state index in [9.17, 15) is 13.2 Å². The maximum absolute atomic E-state index is 12.5. The van der Waals surface area contributed by atoms with Gasteiger partial charge in [-0.15, -0.1) is 0 Å². The van der Waals surface area contributed by atoms with Crippen LogP contribution in [0.4, 0.5) is 13.2 Å². The highest BCUT2D eigenvalue weighted by atomic mass is 19.4. The van der Waals surface area contributed by atoms with E-state index in [2.05, 4.69) is 15.1 Å². The molecule has 0 spiro atoms. The van der Waals surface area contributed by atoms with Crippen molar-refractivity contribution in [3.63, 3.8) is 0 Å². The van der Waals surface area contributed by atoms with Gasteiger partial charge in [0.25, 0.3) is 0 Å². The first-order valence-corrected chi connectivity index (χ1v) is 5.80. The fourth-order valence-electron chi connectivity index (χ4n) is 1.89. The molecule has 0 aliphatic rings. The van der Waals surface area contributed by atoms with Crippen LogP contribution in [0.3, 0.4) is 0 Å². The Labute approximate surface area is 111 Å². The minimum absolute atomic E-state index is 0.554. The molecular formula is C13H9F3N4. The fraction of sp³-hybridized carbons (Fsp3) is 0.154. The molecule has 7 heteroatoms. The van der Waals surface area contributed by atoms with Gasteiger partial charge in [0.1, 0.15) is 12.2 Å². The molecule has 0 unspecified atom stereocenters. The largest absolute Gasteiger partial charge is 0.416 e. The van der Waals surface area contributed by atoms with E-state index in [1.165, 1.54) is 23.0 Å². The molecule has 0 aliphatic carbocycles. The summed E-state index contributed by atoms with van der Waals surface area (Å²) in [6.07, 6.45) is -2.84. The number of alkyl halides is 3. The predicted octanol–water partition coefficient (Wildman–Crippen LogP) is 3.12. The van der Waals surface area contributed by atoms with Crippen molar-refractivity contribution in [3.05, 3.63) is 48.0 Å². The van der Waals surface area contributed by atoms with Crippen LogP contribution in [-0.2, 0) is 6.18 Å². The molecule has 4 nitrogen and oxygen atoms in total. The van der Waals surface area contributed by atoms with Crippen LogP contribution in [-0.4, -0.2) is 19.6 Å². The van der Waals surface area contributed by atoms with Gasteiger partial charge in [0.05, 0.1) is 11.3 Å². The molecule has 2 heterocycles. The van der Waals surface area contributed by atoms with Gasteiger partial charge in [-0.3, -0.25) is 0 Å². The van der Waals surface area contributed by atoms with Crippen LogP contribution in [0.1, 0.15) is 11.4 Å². The van der Waals surface area contributed by atoms with Crippen molar-refractivity contribution in [1.82, 2.24) is 19.6 Å². The fourth-order valence-corrected chi connectivity index (χ4v) is 1.89. The molecule has 0 atom stereocenters. The summed E-state index contributed by atoms with van der Waals surface area (Å²) in [5, 5.41) is 4.09. The van der Waals surface area contributed by atoms with Gasteiger partial charge in [-0.05, 0) is 19.1 Å². The zero-order chi connectivity index (χ0) is 14.3. The van der Waals surface area contributed by atoms with Gasteiger partial charge in [0, 0.05) is 11.6 Å². The van der Waals surface area contributed by atoms with Crippen LogP contribution in [0.25, 0.3) is 16.9 Å². The number of benzene rings is 1. The number of aromatic nitrogens is 4. The standard InChI is InChI=1S/C13H9F3N4/c1-8-18-12-6-11(17-7-20(12)19-8)9-2-4-10(5-3-9)13(14,15)16/h2-7H,1H3. The third kappa shape index (κ3) is 2.22. The van der Waals surface area contributed by atoms with Crippen LogP contribution in [0.5, 0.6) is 0 Å². The zero-order valence-corrected chi connectivity index (χ0v) is 10.4. The van der Waals surface area contributed by atoms with E-state index in [1.54, 1.807) is 13.0 Å². The average molecular weight is 278 g/mol. The third-order valence-electron chi connectivity index (χ3n) is 2.84. The van der Waals surface area contributed by atoms with Crippen molar-refractivity contribution in [3.8, 4) is 11.3 Å². The Bertz CT molecular complexity index is 759. The highest BCUT2D eigenvalue weighted by molar-refractivity contribution is 5.63. The second-order valence-corrected chi connectivity index (χ2v) is 4.31. The van der Waals surface area contributed by atoms with Gasteiger partial charge in [-0.2, -0.15) is 18.3 Å². The lowest BCUT2D eigenvalue weighted by Crippen LogP contribution is -2.04. The predicted molar refractivity (Wildman–Crippen MR) is 66.0 cm³/mol. The molecule has 20 heavy (non-hydrogen) atoms. The second-order valence-electron chi connectivity index (χ2n) is 4.31. The normalized spacial score (nSPS) is 12.0. The molecule has 0 bridgehead atoms. The smallest absolute Gasteiger partial charge is 0.236 e. The van der Waals surface area contributed by atoms with E-state index in [1.807, 2.05) is 0 Å². The number of rotatable bonds is 1. The Balaban J connectivity index is 2.02. The van der Waals surface area contributed by atoms with Gasteiger partial charge < -0.3 is 0 Å². The maximum Gasteiger partial charge on any atom is 0.416 e. The molecule has 0 saturated heterocycles. The highest BCUT2D eigenvalue weighted by Crippen LogP contribution is 2.30. The van der Waals surface area contributed by atoms with Gasteiger partial charge in [0.2, 0.25) is 0 Å². The summed E-state index contributed by atoms with van der Waals surface area (Å²) in [7, 11) is 0. The number of halogens is 3. The third-order valence-corrected chi connectivity index (χ3v) is 2.84. The van der Waals surface area contributed by atoms with E-state index < -0.39 is 11.7 Å². The summed E-state index contributed by atoms with van der Waals surface area (Å²) >= 11 is 0. The molecule has 2 aromatic heterocycles. The Morgan fingerprint density at radius 3 is 2.45 bits per heavy atom. The second kappa shape index (κ2) is 4.29. The lowest BCUT2D eigenvalue weighted by Gasteiger charge is -2.07. The van der Waals surface area contributed by atoms with E-state index in [-0.39, 0.29) is 0 Å². The van der Waals surface area contributed by atoms with Crippen molar-refractivity contribution < 1.29 is 13.2 Å². The molecule has 0 fully saturated rings. The van der Waals surface area contributed by atoms with Gasteiger partial charge >= 0.3 is 6.18 Å². The van der Waals surface area contributed by atoms with E-state index in [0.717, 1.165) is 12.1 Å². The van der Waals surface area contributed by atoms with Crippen molar-refractivity contribution in [2.45, 2.75) is 13.1 Å². The van der Waals surface area contributed by atoms with Crippen LogP contribution < -0.4 is 0 Å². The monoisotopic (exact) mass is 278 g/mol. The molecular weight excluding hydrogens is 269 g/mol. The minimum atomic E-state index is -4.33. The minimum Gasteiger partial charge on any atom is -0.236 e. The Morgan fingerprint density at radius 2 is 1.80 bits per heavy atom. The molecule has 0 radical (unpaired) electrons. The molecule has 3 aromatic rings. The Kier molecular flexibility index (Phi) is 2.70. The molecule has 3 rings (SSSR count). The van der Waals surface area contributed by atoms with Crippen molar-refractivity contribution in [2.75, 3.05) is 0 Å².